The Morgan fingerprint density at radius 3 is 2.04 bits per heavy atom. The number of anilines is 1. The van der Waals surface area contributed by atoms with Gasteiger partial charge in [-0.2, -0.15) is 0 Å². The molecule has 0 bridgehead atoms. The second-order valence-corrected chi connectivity index (χ2v) is 5.14. The van der Waals surface area contributed by atoms with Crippen LogP contribution in [0.15, 0.2) is 35.5 Å². The van der Waals surface area contributed by atoms with E-state index in [2.05, 4.69) is 5.32 Å². The predicted octanol–water partition coefficient (Wildman–Crippen LogP) is 3.03. The van der Waals surface area contributed by atoms with E-state index in [4.69, 9.17) is 9.47 Å². The van der Waals surface area contributed by atoms with Gasteiger partial charge in [-0.25, -0.2) is 14.0 Å². The van der Waals surface area contributed by atoms with E-state index in [-0.39, 0.29) is 30.5 Å². The van der Waals surface area contributed by atoms with E-state index in [0.717, 1.165) is 12.8 Å². The van der Waals surface area contributed by atoms with Gasteiger partial charge in [0.2, 0.25) is 0 Å². The molecule has 23 heavy (non-hydrogen) atoms. The number of ether oxygens (including phenoxy) is 2. The SMILES string of the molecule is CCOC(=O)C(C(=O)OCC)=C(Nc1ccc(F)cc1)C1CC1. The second-order valence-electron chi connectivity index (χ2n) is 5.14. The van der Waals surface area contributed by atoms with Crippen LogP contribution >= 0.6 is 0 Å². The average Bonchev–Trinajstić information content (AvgIpc) is 3.34. The van der Waals surface area contributed by atoms with Crippen molar-refractivity contribution in [2.75, 3.05) is 18.5 Å². The summed E-state index contributed by atoms with van der Waals surface area (Å²) in [5.74, 6) is -1.70. The van der Waals surface area contributed by atoms with Gasteiger partial charge in [0.25, 0.3) is 0 Å². The van der Waals surface area contributed by atoms with E-state index in [9.17, 15) is 14.0 Å². The number of hydrogen-bond acceptors (Lipinski definition) is 5. The number of allylic oxidation sites excluding steroid dienone is 1. The summed E-state index contributed by atoms with van der Waals surface area (Å²) in [6, 6.07) is 5.71. The summed E-state index contributed by atoms with van der Waals surface area (Å²) in [6.07, 6.45) is 1.73. The predicted molar refractivity (Wildman–Crippen MR) is 83.0 cm³/mol. The minimum absolute atomic E-state index is 0.0730. The molecule has 0 unspecified atom stereocenters. The van der Waals surface area contributed by atoms with Crippen molar-refractivity contribution in [3.05, 3.63) is 41.4 Å². The molecular formula is C17H20FNO4. The molecule has 0 aliphatic heterocycles. The fourth-order valence-corrected chi connectivity index (χ4v) is 2.14. The molecule has 0 saturated heterocycles. The van der Waals surface area contributed by atoms with Gasteiger partial charge in [-0.3, -0.25) is 0 Å². The van der Waals surface area contributed by atoms with Crippen LogP contribution in [0.4, 0.5) is 10.1 Å². The monoisotopic (exact) mass is 321 g/mol. The molecule has 1 fully saturated rings. The number of carbonyl (C=O) groups excluding carboxylic acids is 2. The van der Waals surface area contributed by atoms with Gasteiger partial charge in [-0.05, 0) is 51.0 Å². The zero-order valence-electron chi connectivity index (χ0n) is 13.2. The Labute approximate surface area is 134 Å². The molecule has 1 aromatic rings. The van der Waals surface area contributed by atoms with Crippen molar-refractivity contribution in [1.82, 2.24) is 0 Å². The van der Waals surface area contributed by atoms with Crippen LogP contribution in [-0.2, 0) is 19.1 Å². The maximum Gasteiger partial charge on any atom is 0.347 e. The zero-order chi connectivity index (χ0) is 16.8. The summed E-state index contributed by atoms with van der Waals surface area (Å²) in [5.41, 5.74) is 0.966. The lowest BCUT2D eigenvalue weighted by atomic mass is 10.1. The lowest BCUT2D eigenvalue weighted by Gasteiger charge is -2.15. The van der Waals surface area contributed by atoms with Crippen molar-refractivity contribution >= 4 is 17.6 Å². The van der Waals surface area contributed by atoms with Gasteiger partial charge in [0.05, 0.1) is 13.2 Å². The third-order valence-electron chi connectivity index (χ3n) is 3.34. The van der Waals surface area contributed by atoms with E-state index in [0.29, 0.717) is 11.4 Å². The molecule has 0 atom stereocenters. The first-order chi connectivity index (χ1) is 11.1. The molecular weight excluding hydrogens is 301 g/mol. The third kappa shape index (κ3) is 4.55. The minimum Gasteiger partial charge on any atom is -0.462 e. The number of carbonyl (C=O) groups is 2. The Morgan fingerprint density at radius 1 is 1.09 bits per heavy atom. The number of rotatable bonds is 7. The fourth-order valence-electron chi connectivity index (χ4n) is 2.14. The second kappa shape index (κ2) is 7.76. The summed E-state index contributed by atoms with van der Waals surface area (Å²) < 4.78 is 23.0. The van der Waals surface area contributed by atoms with Crippen LogP contribution in [0.1, 0.15) is 26.7 Å². The molecule has 1 saturated carbocycles. The third-order valence-corrected chi connectivity index (χ3v) is 3.34. The van der Waals surface area contributed by atoms with Crippen molar-refractivity contribution in [2.45, 2.75) is 26.7 Å². The van der Waals surface area contributed by atoms with E-state index in [1.165, 1.54) is 12.1 Å². The van der Waals surface area contributed by atoms with Gasteiger partial charge in [0.1, 0.15) is 5.82 Å². The lowest BCUT2D eigenvalue weighted by Crippen LogP contribution is -2.23. The van der Waals surface area contributed by atoms with Crippen molar-refractivity contribution in [2.24, 2.45) is 5.92 Å². The smallest absolute Gasteiger partial charge is 0.347 e. The molecule has 2 rings (SSSR count). The first-order valence-corrected chi connectivity index (χ1v) is 7.67. The van der Waals surface area contributed by atoms with Crippen LogP contribution < -0.4 is 5.32 Å². The Balaban J connectivity index is 2.37. The van der Waals surface area contributed by atoms with Gasteiger partial charge in [-0.15, -0.1) is 0 Å². The Bertz CT molecular complexity index is 586. The summed E-state index contributed by atoms with van der Waals surface area (Å²) in [7, 11) is 0. The van der Waals surface area contributed by atoms with Gasteiger partial charge in [0.15, 0.2) is 5.57 Å². The number of hydrogen-bond donors (Lipinski definition) is 1. The zero-order valence-corrected chi connectivity index (χ0v) is 13.2. The molecule has 6 heteroatoms. The number of esters is 2. The highest BCUT2D eigenvalue weighted by Crippen LogP contribution is 2.39. The number of nitrogens with one attached hydrogen (secondary N) is 1. The summed E-state index contributed by atoms with van der Waals surface area (Å²) in [6.45, 7) is 3.67. The van der Waals surface area contributed by atoms with Gasteiger partial charge >= 0.3 is 11.9 Å². The highest BCUT2D eigenvalue weighted by Gasteiger charge is 2.35. The topological polar surface area (TPSA) is 64.6 Å². The lowest BCUT2D eigenvalue weighted by molar-refractivity contribution is -0.146. The largest absolute Gasteiger partial charge is 0.462 e. The van der Waals surface area contributed by atoms with Crippen LogP contribution in [0.2, 0.25) is 0 Å². The molecule has 0 aromatic heterocycles. The van der Waals surface area contributed by atoms with Crippen molar-refractivity contribution in [3.63, 3.8) is 0 Å². The first kappa shape index (κ1) is 17.0. The van der Waals surface area contributed by atoms with E-state index >= 15 is 0 Å². The van der Waals surface area contributed by atoms with Crippen LogP contribution in [0.25, 0.3) is 0 Å². The molecule has 1 aliphatic carbocycles. The average molecular weight is 321 g/mol. The molecule has 0 amide bonds. The maximum absolute atomic E-state index is 13.0. The highest BCUT2D eigenvalue weighted by atomic mass is 19.1. The fraction of sp³-hybridized carbons (Fsp3) is 0.412. The molecule has 1 aromatic carbocycles. The number of halogens is 1. The van der Waals surface area contributed by atoms with Crippen LogP contribution in [0.5, 0.6) is 0 Å². The van der Waals surface area contributed by atoms with Gasteiger partial charge in [0, 0.05) is 17.3 Å². The molecule has 0 heterocycles. The van der Waals surface area contributed by atoms with Crippen LogP contribution in [0, 0.1) is 11.7 Å². The molecule has 0 spiro atoms. The standard InChI is InChI=1S/C17H20FNO4/c1-3-22-16(20)14(17(21)23-4-2)15(11-5-6-11)19-13-9-7-12(18)8-10-13/h7-11,19H,3-6H2,1-2H3. The quantitative estimate of drug-likeness (QED) is 0.362. The normalized spacial score (nSPS) is 13.2. The summed E-state index contributed by atoms with van der Waals surface area (Å²) in [4.78, 5) is 24.4. The molecule has 1 N–H and O–H groups in total. The molecule has 0 radical (unpaired) electrons. The maximum atomic E-state index is 13.0. The van der Waals surface area contributed by atoms with E-state index in [1.54, 1.807) is 26.0 Å². The molecule has 1 aliphatic rings. The minimum atomic E-state index is -0.706. The molecule has 124 valence electrons. The van der Waals surface area contributed by atoms with E-state index in [1.807, 2.05) is 0 Å². The van der Waals surface area contributed by atoms with Gasteiger partial charge in [-0.1, -0.05) is 0 Å². The van der Waals surface area contributed by atoms with Crippen LogP contribution in [-0.4, -0.2) is 25.2 Å². The van der Waals surface area contributed by atoms with Crippen molar-refractivity contribution in [3.8, 4) is 0 Å². The Kier molecular flexibility index (Phi) is 5.73. The van der Waals surface area contributed by atoms with Crippen molar-refractivity contribution in [1.29, 1.82) is 0 Å². The van der Waals surface area contributed by atoms with E-state index < -0.39 is 11.9 Å². The van der Waals surface area contributed by atoms with Crippen molar-refractivity contribution < 1.29 is 23.5 Å². The summed E-state index contributed by atoms with van der Waals surface area (Å²) >= 11 is 0. The Morgan fingerprint density at radius 2 is 1.61 bits per heavy atom. The molecule has 5 nitrogen and oxygen atoms in total. The number of benzene rings is 1. The van der Waals surface area contributed by atoms with Crippen LogP contribution in [0.3, 0.4) is 0 Å². The first-order valence-electron chi connectivity index (χ1n) is 7.67. The summed E-state index contributed by atoms with van der Waals surface area (Å²) in [5, 5.41) is 3.06. The van der Waals surface area contributed by atoms with Gasteiger partial charge < -0.3 is 14.8 Å². The highest BCUT2D eigenvalue weighted by molar-refractivity contribution is 6.15. The Hall–Kier alpha value is -2.37.